The van der Waals surface area contributed by atoms with Gasteiger partial charge in [-0.2, -0.15) is 0 Å². The Balaban J connectivity index is 0.00000161. The Bertz CT molecular complexity index is 782. The second-order valence-corrected chi connectivity index (χ2v) is 5.59. The summed E-state index contributed by atoms with van der Waals surface area (Å²) >= 11 is 1.22. The van der Waals surface area contributed by atoms with Crippen LogP contribution in [0.5, 0.6) is 0 Å². The van der Waals surface area contributed by atoms with Crippen LogP contribution in [0.2, 0.25) is 0 Å². The third-order valence-electron chi connectivity index (χ3n) is 3.06. The molecule has 3 rings (SSSR count). The third kappa shape index (κ3) is 3.91. The molecule has 0 saturated carbocycles. The van der Waals surface area contributed by atoms with Crippen LogP contribution in [0.4, 0.5) is 4.39 Å². The predicted octanol–water partition coefficient (Wildman–Crippen LogP) is 3.44. The Labute approximate surface area is 131 Å². The molecule has 0 aliphatic rings. The minimum absolute atomic E-state index is 0. The van der Waals surface area contributed by atoms with Crippen molar-refractivity contribution >= 4 is 34.0 Å². The zero-order valence-corrected chi connectivity index (χ0v) is 12.7. The summed E-state index contributed by atoms with van der Waals surface area (Å²) in [6, 6.07) is 12.4. The molecule has 0 aliphatic heterocycles. The molecule has 0 bridgehead atoms. The third-order valence-corrected chi connectivity index (χ3v) is 3.90. The van der Waals surface area contributed by atoms with Gasteiger partial charge in [0.2, 0.25) is 0 Å². The number of aromatic amines is 1. The van der Waals surface area contributed by atoms with E-state index in [0.29, 0.717) is 13.1 Å². The molecule has 0 aliphatic carbocycles. The second kappa shape index (κ2) is 6.85. The van der Waals surface area contributed by atoms with Crippen LogP contribution < -0.4 is 10.2 Å². The van der Waals surface area contributed by atoms with Crippen molar-refractivity contribution in [2.24, 2.45) is 0 Å². The van der Waals surface area contributed by atoms with Crippen LogP contribution in [-0.2, 0) is 13.1 Å². The van der Waals surface area contributed by atoms with E-state index in [-0.39, 0.29) is 23.1 Å². The Morgan fingerprint density at radius 3 is 2.48 bits per heavy atom. The van der Waals surface area contributed by atoms with Crippen molar-refractivity contribution in [1.29, 1.82) is 0 Å². The number of hydrogen-bond acceptors (Lipinski definition) is 3. The summed E-state index contributed by atoms with van der Waals surface area (Å²) < 4.78 is 13.7. The monoisotopic (exact) mass is 324 g/mol. The van der Waals surface area contributed by atoms with Crippen molar-refractivity contribution in [3.05, 3.63) is 69.1 Å². The van der Waals surface area contributed by atoms with Crippen LogP contribution in [0.1, 0.15) is 11.1 Å². The van der Waals surface area contributed by atoms with Gasteiger partial charge in [-0.15, -0.1) is 12.4 Å². The summed E-state index contributed by atoms with van der Waals surface area (Å²) in [6.07, 6.45) is 0. The normalized spacial score (nSPS) is 10.5. The van der Waals surface area contributed by atoms with Crippen LogP contribution in [-0.4, -0.2) is 4.98 Å². The average Bonchev–Trinajstić information content (AvgIpc) is 2.80. The highest BCUT2D eigenvalue weighted by Gasteiger charge is 2.01. The van der Waals surface area contributed by atoms with E-state index >= 15 is 0 Å². The summed E-state index contributed by atoms with van der Waals surface area (Å²) in [4.78, 5) is 14.0. The SMILES string of the molecule is Cl.O=c1[nH]c2ccc(CNCc3ccc(F)cc3)cc2s1. The molecule has 2 aromatic carbocycles. The van der Waals surface area contributed by atoms with Gasteiger partial charge in [0.25, 0.3) is 0 Å². The first kappa shape index (κ1) is 15.7. The maximum absolute atomic E-state index is 12.8. The van der Waals surface area contributed by atoms with Gasteiger partial charge in [0, 0.05) is 13.1 Å². The molecule has 0 fully saturated rings. The Hall–Kier alpha value is -1.69. The van der Waals surface area contributed by atoms with E-state index in [2.05, 4.69) is 10.3 Å². The molecule has 0 unspecified atom stereocenters. The summed E-state index contributed by atoms with van der Waals surface area (Å²) in [7, 11) is 0. The fourth-order valence-electron chi connectivity index (χ4n) is 2.05. The number of benzene rings is 2. The van der Waals surface area contributed by atoms with Crippen molar-refractivity contribution in [2.75, 3.05) is 0 Å². The largest absolute Gasteiger partial charge is 0.312 e. The summed E-state index contributed by atoms with van der Waals surface area (Å²) in [6.45, 7) is 1.39. The molecule has 1 heterocycles. The van der Waals surface area contributed by atoms with Crippen LogP contribution in [0.3, 0.4) is 0 Å². The number of hydrogen-bond donors (Lipinski definition) is 2. The van der Waals surface area contributed by atoms with Crippen molar-refractivity contribution in [3.63, 3.8) is 0 Å². The fraction of sp³-hybridized carbons (Fsp3) is 0.133. The maximum Gasteiger partial charge on any atom is 0.305 e. The van der Waals surface area contributed by atoms with Gasteiger partial charge in [-0.1, -0.05) is 29.5 Å². The molecule has 3 nitrogen and oxygen atoms in total. The van der Waals surface area contributed by atoms with Gasteiger partial charge in [0.15, 0.2) is 0 Å². The van der Waals surface area contributed by atoms with Crippen LogP contribution in [0.25, 0.3) is 10.2 Å². The zero-order chi connectivity index (χ0) is 13.9. The van der Waals surface area contributed by atoms with Crippen LogP contribution in [0.15, 0.2) is 47.3 Å². The number of thiazole rings is 1. The Morgan fingerprint density at radius 2 is 1.71 bits per heavy atom. The molecule has 2 N–H and O–H groups in total. The maximum atomic E-state index is 12.8. The first-order valence-electron chi connectivity index (χ1n) is 6.27. The molecule has 0 radical (unpaired) electrons. The summed E-state index contributed by atoms with van der Waals surface area (Å²) in [5.74, 6) is -0.221. The van der Waals surface area contributed by atoms with Gasteiger partial charge in [0.05, 0.1) is 10.2 Å². The lowest BCUT2D eigenvalue weighted by atomic mass is 10.2. The fourth-order valence-corrected chi connectivity index (χ4v) is 2.85. The molecule has 0 saturated heterocycles. The minimum Gasteiger partial charge on any atom is -0.312 e. The molecule has 0 spiro atoms. The molecule has 3 aromatic rings. The number of halogens is 2. The first-order chi connectivity index (χ1) is 9.70. The summed E-state index contributed by atoms with van der Waals surface area (Å²) in [5.41, 5.74) is 3.04. The van der Waals surface area contributed by atoms with E-state index in [0.717, 1.165) is 21.3 Å². The van der Waals surface area contributed by atoms with E-state index in [9.17, 15) is 9.18 Å². The van der Waals surface area contributed by atoms with E-state index in [4.69, 9.17) is 0 Å². The van der Waals surface area contributed by atoms with E-state index in [1.165, 1.54) is 23.5 Å². The van der Waals surface area contributed by atoms with Crippen molar-refractivity contribution in [3.8, 4) is 0 Å². The summed E-state index contributed by atoms with van der Waals surface area (Å²) in [5, 5.41) is 3.30. The van der Waals surface area contributed by atoms with Crippen molar-refractivity contribution in [2.45, 2.75) is 13.1 Å². The molecular weight excluding hydrogens is 311 g/mol. The second-order valence-electron chi connectivity index (χ2n) is 4.58. The quantitative estimate of drug-likeness (QED) is 0.772. The zero-order valence-electron chi connectivity index (χ0n) is 11.1. The van der Waals surface area contributed by atoms with Gasteiger partial charge >= 0.3 is 4.87 Å². The standard InChI is InChI=1S/C15H13FN2OS.ClH/c16-12-4-1-10(2-5-12)8-17-9-11-3-6-13-14(7-11)20-15(19)18-13;/h1-7,17H,8-9H2,(H,18,19);1H. The lowest BCUT2D eigenvalue weighted by molar-refractivity contribution is 0.625. The van der Waals surface area contributed by atoms with Crippen molar-refractivity contribution in [1.82, 2.24) is 10.3 Å². The van der Waals surface area contributed by atoms with Gasteiger partial charge in [-0.05, 0) is 35.4 Å². The molecular formula is C15H14ClFN2OS. The van der Waals surface area contributed by atoms with Crippen LogP contribution in [0, 0.1) is 5.82 Å². The van der Waals surface area contributed by atoms with Crippen molar-refractivity contribution < 1.29 is 4.39 Å². The molecule has 110 valence electrons. The van der Waals surface area contributed by atoms with Gasteiger partial charge in [-0.3, -0.25) is 4.79 Å². The highest BCUT2D eigenvalue weighted by molar-refractivity contribution is 7.16. The van der Waals surface area contributed by atoms with E-state index < -0.39 is 0 Å². The van der Waals surface area contributed by atoms with Gasteiger partial charge in [0.1, 0.15) is 5.82 Å². The number of nitrogens with one attached hydrogen (secondary N) is 2. The Kier molecular flexibility index (Phi) is 5.12. The number of rotatable bonds is 4. The number of fused-ring (bicyclic) bond motifs is 1. The lowest BCUT2D eigenvalue weighted by Gasteiger charge is -2.05. The minimum atomic E-state index is -0.221. The lowest BCUT2D eigenvalue weighted by Crippen LogP contribution is -2.12. The number of H-pyrrole nitrogens is 1. The van der Waals surface area contributed by atoms with E-state index in [1.54, 1.807) is 12.1 Å². The topological polar surface area (TPSA) is 44.9 Å². The molecule has 6 heteroatoms. The highest BCUT2D eigenvalue weighted by atomic mass is 35.5. The molecule has 21 heavy (non-hydrogen) atoms. The number of aromatic nitrogens is 1. The molecule has 1 aromatic heterocycles. The highest BCUT2D eigenvalue weighted by Crippen LogP contribution is 2.16. The van der Waals surface area contributed by atoms with Gasteiger partial charge in [-0.25, -0.2) is 4.39 Å². The first-order valence-corrected chi connectivity index (χ1v) is 7.09. The Morgan fingerprint density at radius 1 is 1.05 bits per heavy atom. The predicted molar refractivity (Wildman–Crippen MR) is 86.6 cm³/mol. The molecule has 0 atom stereocenters. The van der Waals surface area contributed by atoms with E-state index in [1.807, 2.05) is 18.2 Å². The van der Waals surface area contributed by atoms with Gasteiger partial charge < -0.3 is 10.3 Å². The smallest absolute Gasteiger partial charge is 0.305 e. The average molecular weight is 325 g/mol. The molecule has 0 amide bonds. The van der Waals surface area contributed by atoms with Crippen LogP contribution >= 0.6 is 23.7 Å².